The van der Waals surface area contributed by atoms with Gasteiger partial charge in [0.05, 0.1) is 11.0 Å². The molecule has 4 rings (SSSR count). The van der Waals surface area contributed by atoms with Crippen molar-refractivity contribution in [2.75, 3.05) is 0 Å². The third-order valence-electron chi connectivity index (χ3n) is 4.77. The number of aliphatic hydroxyl groups is 1. The molecular weight excluding hydrogens is 308 g/mol. The standard InChI is InChI=1S/C22H20N2O/c1-16-12-14-18(15-13-16)22(25,17-8-4-3-5-9-17)21-23-19-10-6-7-11-20(19)24(21)2/h3-15,25H,1-2H3/t22-/m1/s1. The van der Waals surface area contributed by atoms with Crippen LogP contribution in [0.3, 0.4) is 0 Å². The van der Waals surface area contributed by atoms with Crippen molar-refractivity contribution in [3.05, 3.63) is 101 Å². The maximum absolute atomic E-state index is 11.9. The SMILES string of the molecule is Cc1ccc([C@](O)(c2ccccc2)c2nc3ccccc3n2C)cc1. The van der Waals surface area contributed by atoms with E-state index in [9.17, 15) is 5.11 Å². The number of benzene rings is 3. The first-order chi connectivity index (χ1) is 12.1. The van der Waals surface area contributed by atoms with Crippen LogP contribution in [0, 0.1) is 6.92 Å². The predicted octanol–water partition coefficient (Wildman–Crippen LogP) is 4.17. The van der Waals surface area contributed by atoms with Gasteiger partial charge in [0.25, 0.3) is 0 Å². The number of imidazole rings is 1. The van der Waals surface area contributed by atoms with Crippen LogP contribution in [0.25, 0.3) is 11.0 Å². The Bertz CT molecular complexity index is 1020. The molecular formula is C22H20N2O. The number of hydrogen-bond donors (Lipinski definition) is 1. The van der Waals surface area contributed by atoms with Crippen LogP contribution in [-0.2, 0) is 12.6 Å². The highest BCUT2D eigenvalue weighted by Gasteiger charge is 2.38. The Hall–Kier alpha value is -2.91. The number of para-hydroxylation sites is 2. The molecule has 0 radical (unpaired) electrons. The van der Waals surface area contributed by atoms with Gasteiger partial charge in [0.1, 0.15) is 0 Å². The van der Waals surface area contributed by atoms with Gasteiger partial charge in [-0.05, 0) is 30.2 Å². The molecule has 1 N–H and O–H groups in total. The van der Waals surface area contributed by atoms with E-state index in [4.69, 9.17) is 4.98 Å². The largest absolute Gasteiger partial charge is 0.373 e. The third-order valence-corrected chi connectivity index (χ3v) is 4.77. The van der Waals surface area contributed by atoms with E-state index in [1.807, 2.05) is 97.4 Å². The molecule has 3 heteroatoms. The van der Waals surface area contributed by atoms with E-state index in [0.29, 0.717) is 5.82 Å². The molecule has 0 aliphatic rings. The van der Waals surface area contributed by atoms with Crippen molar-refractivity contribution >= 4 is 11.0 Å². The highest BCUT2D eigenvalue weighted by molar-refractivity contribution is 5.76. The fraction of sp³-hybridized carbons (Fsp3) is 0.136. The van der Waals surface area contributed by atoms with Crippen LogP contribution in [-0.4, -0.2) is 14.7 Å². The molecule has 1 heterocycles. The molecule has 4 aromatic rings. The Morgan fingerprint density at radius 2 is 1.40 bits per heavy atom. The lowest BCUT2D eigenvalue weighted by Gasteiger charge is -2.29. The molecule has 124 valence electrons. The summed E-state index contributed by atoms with van der Waals surface area (Å²) in [4.78, 5) is 4.77. The lowest BCUT2D eigenvalue weighted by molar-refractivity contribution is 0.113. The Kier molecular flexibility index (Phi) is 3.66. The van der Waals surface area contributed by atoms with Crippen LogP contribution in [0.5, 0.6) is 0 Å². The second kappa shape index (κ2) is 5.87. The number of fused-ring (bicyclic) bond motifs is 1. The molecule has 0 fully saturated rings. The topological polar surface area (TPSA) is 38.1 Å². The monoisotopic (exact) mass is 328 g/mol. The van der Waals surface area contributed by atoms with Crippen LogP contribution in [0.4, 0.5) is 0 Å². The zero-order chi connectivity index (χ0) is 17.4. The summed E-state index contributed by atoms with van der Waals surface area (Å²) in [5.74, 6) is 0.615. The minimum atomic E-state index is -1.32. The van der Waals surface area contributed by atoms with Crippen LogP contribution in [0.15, 0.2) is 78.9 Å². The van der Waals surface area contributed by atoms with Crippen LogP contribution in [0.2, 0.25) is 0 Å². The molecule has 1 atom stereocenters. The Morgan fingerprint density at radius 1 is 0.800 bits per heavy atom. The van der Waals surface area contributed by atoms with E-state index in [1.165, 1.54) is 0 Å². The summed E-state index contributed by atoms with van der Waals surface area (Å²) in [6.45, 7) is 2.04. The highest BCUT2D eigenvalue weighted by atomic mass is 16.3. The van der Waals surface area contributed by atoms with E-state index in [1.54, 1.807) is 0 Å². The predicted molar refractivity (Wildman–Crippen MR) is 100 cm³/mol. The molecule has 25 heavy (non-hydrogen) atoms. The van der Waals surface area contributed by atoms with Gasteiger partial charge >= 0.3 is 0 Å². The summed E-state index contributed by atoms with van der Waals surface area (Å²) >= 11 is 0. The molecule has 0 spiro atoms. The molecule has 3 aromatic carbocycles. The molecule has 0 aliphatic heterocycles. The molecule has 0 saturated heterocycles. The van der Waals surface area contributed by atoms with Gasteiger partial charge in [0.2, 0.25) is 0 Å². The van der Waals surface area contributed by atoms with E-state index in [-0.39, 0.29) is 0 Å². The van der Waals surface area contributed by atoms with Gasteiger partial charge in [-0.25, -0.2) is 4.98 Å². The van der Waals surface area contributed by atoms with Crippen molar-refractivity contribution in [1.82, 2.24) is 9.55 Å². The summed E-state index contributed by atoms with van der Waals surface area (Å²) in [5, 5.41) is 11.9. The maximum atomic E-state index is 11.9. The van der Waals surface area contributed by atoms with Gasteiger partial charge < -0.3 is 9.67 Å². The van der Waals surface area contributed by atoms with Gasteiger partial charge in [-0.3, -0.25) is 0 Å². The van der Waals surface area contributed by atoms with Crippen LogP contribution >= 0.6 is 0 Å². The fourth-order valence-electron chi connectivity index (χ4n) is 3.37. The quantitative estimate of drug-likeness (QED) is 0.613. The number of aromatic nitrogens is 2. The average Bonchev–Trinajstić information content (AvgIpc) is 3.00. The minimum absolute atomic E-state index is 0.615. The summed E-state index contributed by atoms with van der Waals surface area (Å²) in [6.07, 6.45) is 0. The molecule has 1 aromatic heterocycles. The lowest BCUT2D eigenvalue weighted by Crippen LogP contribution is -2.32. The van der Waals surface area contributed by atoms with Crippen LogP contribution < -0.4 is 0 Å². The maximum Gasteiger partial charge on any atom is 0.173 e. The number of hydrogen-bond acceptors (Lipinski definition) is 2. The van der Waals surface area contributed by atoms with E-state index >= 15 is 0 Å². The second-order valence-corrected chi connectivity index (χ2v) is 6.43. The Labute approximate surface area is 147 Å². The lowest BCUT2D eigenvalue weighted by atomic mass is 9.85. The Morgan fingerprint density at radius 3 is 2.08 bits per heavy atom. The zero-order valence-corrected chi connectivity index (χ0v) is 14.3. The second-order valence-electron chi connectivity index (χ2n) is 6.43. The van der Waals surface area contributed by atoms with Gasteiger partial charge in [0.15, 0.2) is 11.4 Å². The smallest absolute Gasteiger partial charge is 0.173 e. The molecule has 0 saturated carbocycles. The zero-order valence-electron chi connectivity index (χ0n) is 14.3. The first-order valence-electron chi connectivity index (χ1n) is 8.37. The first-order valence-corrected chi connectivity index (χ1v) is 8.37. The van der Waals surface area contributed by atoms with Gasteiger partial charge in [-0.15, -0.1) is 0 Å². The highest BCUT2D eigenvalue weighted by Crippen LogP contribution is 2.37. The number of aryl methyl sites for hydroxylation is 2. The van der Waals surface area contributed by atoms with Crippen molar-refractivity contribution in [1.29, 1.82) is 0 Å². The summed E-state index contributed by atoms with van der Waals surface area (Å²) in [6, 6.07) is 25.7. The minimum Gasteiger partial charge on any atom is -0.373 e. The number of nitrogens with zero attached hydrogens (tertiary/aromatic N) is 2. The van der Waals surface area contributed by atoms with Crippen molar-refractivity contribution in [2.24, 2.45) is 7.05 Å². The van der Waals surface area contributed by atoms with E-state index in [0.717, 1.165) is 27.7 Å². The van der Waals surface area contributed by atoms with Crippen molar-refractivity contribution < 1.29 is 5.11 Å². The van der Waals surface area contributed by atoms with E-state index < -0.39 is 5.60 Å². The normalized spacial score (nSPS) is 13.7. The van der Waals surface area contributed by atoms with Crippen molar-refractivity contribution in [3.63, 3.8) is 0 Å². The van der Waals surface area contributed by atoms with Gasteiger partial charge in [-0.2, -0.15) is 0 Å². The fourth-order valence-corrected chi connectivity index (χ4v) is 3.37. The van der Waals surface area contributed by atoms with Gasteiger partial charge in [0, 0.05) is 7.05 Å². The third kappa shape index (κ3) is 2.44. The molecule has 0 aliphatic carbocycles. The molecule has 0 unspecified atom stereocenters. The average molecular weight is 328 g/mol. The molecule has 0 bridgehead atoms. The first kappa shape index (κ1) is 15.6. The summed E-state index contributed by atoms with van der Waals surface area (Å²) in [5.41, 5.74) is 3.33. The Balaban J connectivity index is 2.03. The molecule has 0 amide bonds. The summed E-state index contributed by atoms with van der Waals surface area (Å²) in [7, 11) is 1.95. The number of rotatable bonds is 3. The van der Waals surface area contributed by atoms with Crippen LogP contribution in [0.1, 0.15) is 22.5 Å². The van der Waals surface area contributed by atoms with Crippen molar-refractivity contribution in [2.45, 2.75) is 12.5 Å². The van der Waals surface area contributed by atoms with E-state index in [2.05, 4.69) is 0 Å². The van der Waals surface area contributed by atoms with Crippen molar-refractivity contribution in [3.8, 4) is 0 Å². The molecule has 3 nitrogen and oxygen atoms in total. The summed E-state index contributed by atoms with van der Waals surface area (Å²) < 4.78 is 1.97. The van der Waals surface area contributed by atoms with Gasteiger partial charge in [-0.1, -0.05) is 72.3 Å².